The molecule has 0 aromatic heterocycles. The maximum atomic E-state index is 13.6. The van der Waals surface area contributed by atoms with Crippen LogP contribution < -0.4 is 5.32 Å². The van der Waals surface area contributed by atoms with Gasteiger partial charge in [0.1, 0.15) is 11.6 Å². The molecule has 1 N–H and O–H groups in total. The average molecular weight is 361 g/mol. The van der Waals surface area contributed by atoms with E-state index in [-0.39, 0.29) is 5.02 Å². The first-order valence-electron chi connectivity index (χ1n) is 5.60. The first-order valence-corrected chi connectivity index (χ1v) is 6.77. The number of nitrogens with one attached hydrogen (secondary N) is 1. The lowest BCUT2D eigenvalue weighted by atomic mass is 10.1. The van der Waals surface area contributed by atoms with E-state index in [1.807, 2.05) is 6.92 Å². The number of carbonyl (C=O) groups excluding carboxylic acids is 1. The minimum atomic E-state index is -0.878. The fraction of sp³-hybridized carbons (Fsp3) is 0.0714. The molecule has 1 amide bonds. The second-order valence-electron chi connectivity index (χ2n) is 4.18. The summed E-state index contributed by atoms with van der Waals surface area (Å²) in [4.78, 5) is 12.0. The number of benzene rings is 2. The highest BCUT2D eigenvalue weighted by atomic mass is 79.9. The van der Waals surface area contributed by atoms with Gasteiger partial charge in [-0.2, -0.15) is 0 Å². The van der Waals surface area contributed by atoms with E-state index in [4.69, 9.17) is 11.6 Å². The molecule has 0 saturated heterocycles. The van der Waals surface area contributed by atoms with Gasteiger partial charge in [-0.1, -0.05) is 17.7 Å². The maximum Gasteiger partial charge on any atom is 0.258 e. The van der Waals surface area contributed by atoms with Gasteiger partial charge in [0.05, 0.1) is 16.3 Å². The molecule has 0 aliphatic heterocycles. The van der Waals surface area contributed by atoms with Gasteiger partial charge in [0.2, 0.25) is 0 Å². The van der Waals surface area contributed by atoms with Crippen molar-refractivity contribution in [2.24, 2.45) is 0 Å². The number of halogens is 4. The number of hydrogen-bond acceptors (Lipinski definition) is 1. The molecule has 0 radical (unpaired) electrons. The summed E-state index contributed by atoms with van der Waals surface area (Å²) in [6, 6.07) is 6.81. The van der Waals surface area contributed by atoms with Crippen molar-refractivity contribution in [3.8, 4) is 0 Å². The second-order valence-corrected chi connectivity index (χ2v) is 5.45. The maximum absolute atomic E-state index is 13.6. The SMILES string of the molecule is Cc1ccc(NC(=O)c2cc(F)c(Cl)cc2F)c(Br)c1. The first kappa shape index (κ1) is 14.9. The number of amides is 1. The lowest BCUT2D eigenvalue weighted by Crippen LogP contribution is -2.14. The highest BCUT2D eigenvalue weighted by Gasteiger charge is 2.16. The van der Waals surface area contributed by atoms with Gasteiger partial charge < -0.3 is 5.32 Å². The van der Waals surface area contributed by atoms with E-state index in [1.165, 1.54) is 0 Å². The predicted molar refractivity (Wildman–Crippen MR) is 78.2 cm³/mol. The van der Waals surface area contributed by atoms with Gasteiger partial charge in [0, 0.05) is 4.47 Å². The van der Waals surface area contributed by atoms with Crippen LogP contribution in [0.2, 0.25) is 5.02 Å². The Labute approximate surface area is 127 Å². The Morgan fingerprint density at radius 1 is 1.20 bits per heavy atom. The normalized spacial score (nSPS) is 10.4. The van der Waals surface area contributed by atoms with E-state index < -0.39 is 23.1 Å². The van der Waals surface area contributed by atoms with Crippen LogP contribution in [0.3, 0.4) is 0 Å². The molecule has 104 valence electrons. The van der Waals surface area contributed by atoms with Crippen molar-refractivity contribution in [2.75, 3.05) is 5.32 Å². The zero-order valence-electron chi connectivity index (χ0n) is 10.3. The Morgan fingerprint density at radius 2 is 1.90 bits per heavy atom. The molecular weight excluding hydrogens is 352 g/mol. The fourth-order valence-corrected chi connectivity index (χ4v) is 2.35. The van der Waals surface area contributed by atoms with E-state index in [1.54, 1.807) is 18.2 Å². The van der Waals surface area contributed by atoms with Crippen LogP contribution in [0.5, 0.6) is 0 Å². The van der Waals surface area contributed by atoms with Crippen LogP contribution in [-0.2, 0) is 0 Å². The Hall–Kier alpha value is -1.46. The number of carbonyl (C=O) groups is 1. The second kappa shape index (κ2) is 5.89. The van der Waals surface area contributed by atoms with Crippen molar-refractivity contribution < 1.29 is 13.6 Å². The van der Waals surface area contributed by atoms with Gasteiger partial charge in [-0.15, -0.1) is 0 Å². The van der Waals surface area contributed by atoms with Crippen LogP contribution in [0, 0.1) is 18.6 Å². The Morgan fingerprint density at radius 3 is 2.55 bits per heavy atom. The Balaban J connectivity index is 2.31. The van der Waals surface area contributed by atoms with Crippen molar-refractivity contribution in [3.05, 3.63) is 62.6 Å². The van der Waals surface area contributed by atoms with Crippen LogP contribution in [0.25, 0.3) is 0 Å². The molecule has 0 aliphatic carbocycles. The molecule has 0 fully saturated rings. The number of hydrogen-bond donors (Lipinski definition) is 1. The summed E-state index contributed by atoms with van der Waals surface area (Å²) in [5.41, 5.74) is 1.06. The van der Waals surface area contributed by atoms with Crippen LogP contribution in [0.4, 0.5) is 14.5 Å². The molecule has 2 aromatic rings. The van der Waals surface area contributed by atoms with Crippen LogP contribution in [0.15, 0.2) is 34.8 Å². The largest absolute Gasteiger partial charge is 0.321 e. The molecule has 2 aromatic carbocycles. The van der Waals surface area contributed by atoms with Gasteiger partial charge in [-0.3, -0.25) is 4.79 Å². The predicted octanol–water partition coefficient (Wildman–Crippen LogP) is 4.94. The summed E-state index contributed by atoms with van der Waals surface area (Å²) < 4.78 is 27.6. The molecule has 2 nitrogen and oxygen atoms in total. The van der Waals surface area contributed by atoms with Crippen LogP contribution in [-0.4, -0.2) is 5.91 Å². The first-order chi connectivity index (χ1) is 9.38. The van der Waals surface area contributed by atoms with Gasteiger partial charge in [0.15, 0.2) is 0 Å². The van der Waals surface area contributed by atoms with Crippen molar-refractivity contribution in [2.45, 2.75) is 6.92 Å². The molecule has 0 aliphatic rings. The lowest BCUT2D eigenvalue weighted by Gasteiger charge is -2.09. The molecule has 0 heterocycles. The fourth-order valence-electron chi connectivity index (χ4n) is 1.61. The van der Waals surface area contributed by atoms with E-state index >= 15 is 0 Å². The molecule has 0 saturated carbocycles. The van der Waals surface area contributed by atoms with E-state index in [0.29, 0.717) is 10.2 Å². The monoisotopic (exact) mass is 359 g/mol. The summed E-state index contributed by atoms with van der Waals surface area (Å²) in [5, 5.41) is 2.14. The Bertz CT molecular complexity index is 691. The quantitative estimate of drug-likeness (QED) is 0.755. The highest BCUT2D eigenvalue weighted by Crippen LogP contribution is 2.25. The topological polar surface area (TPSA) is 29.1 Å². The van der Waals surface area contributed by atoms with Crippen LogP contribution in [0.1, 0.15) is 15.9 Å². The highest BCUT2D eigenvalue weighted by molar-refractivity contribution is 9.10. The minimum Gasteiger partial charge on any atom is -0.321 e. The summed E-state index contributed by atoms with van der Waals surface area (Å²) in [5.74, 6) is -2.47. The average Bonchev–Trinajstić information content (AvgIpc) is 2.37. The third kappa shape index (κ3) is 3.16. The van der Waals surface area contributed by atoms with E-state index in [0.717, 1.165) is 17.7 Å². The molecule has 2 rings (SSSR count). The standard InChI is InChI=1S/C14H9BrClF2NO/c1-7-2-3-13(9(15)4-7)19-14(20)8-5-12(18)10(16)6-11(8)17/h2-6H,1H3,(H,19,20). The molecule has 6 heteroatoms. The summed E-state index contributed by atoms with van der Waals surface area (Å²) in [6.07, 6.45) is 0. The Kier molecular flexibility index (Phi) is 4.40. The number of aryl methyl sites for hydroxylation is 1. The van der Waals surface area contributed by atoms with Gasteiger partial charge in [0.25, 0.3) is 5.91 Å². The minimum absolute atomic E-state index is 0.365. The molecular formula is C14H9BrClF2NO. The molecule has 20 heavy (non-hydrogen) atoms. The van der Waals surface area contributed by atoms with E-state index in [2.05, 4.69) is 21.2 Å². The van der Waals surface area contributed by atoms with Gasteiger partial charge in [-0.05, 0) is 52.7 Å². The van der Waals surface area contributed by atoms with Crippen molar-refractivity contribution in [3.63, 3.8) is 0 Å². The zero-order chi connectivity index (χ0) is 14.9. The lowest BCUT2D eigenvalue weighted by molar-refractivity contribution is 0.102. The molecule has 0 atom stereocenters. The summed E-state index contributed by atoms with van der Waals surface area (Å²) in [6.45, 7) is 1.89. The van der Waals surface area contributed by atoms with Crippen molar-refractivity contribution in [1.82, 2.24) is 0 Å². The van der Waals surface area contributed by atoms with Gasteiger partial charge >= 0.3 is 0 Å². The number of rotatable bonds is 2. The molecule has 0 bridgehead atoms. The smallest absolute Gasteiger partial charge is 0.258 e. The summed E-state index contributed by atoms with van der Waals surface area (Å²) in [7, 11) is 0. The number of anilines is 1. The molecule has 0 unspecified atom stereocenters. The van der Waals surface area contributed by atoms with E-state index in [9.17, 15) is 13.6 Å². The molecule has 0 spiro atoms. The van der Waals surface area contributed by atoms with Crippen molar-refractivity contribution in [1.29, 1.82) is 0 Å². The van der Waals surface area contributed by atoms with Crippen molar-refractivity contribution >= 4 is 39.1 Å². The summed E-state index contributed by atoms with van der Waals surface area (Å²) >= 11 is 8.73. The van der Waals surface area contributed by atoms with Gasteiger partial charge in [-0.25, -0.2) is 8.78 Å². The van der Waals surface area contributed by atoms with Crippen LogP contribution >= 0.6 is 27.5 Å². The third-order valence-corrected chi connectivity index (χ3v) is 3.57. The third-order valence-electron chi connectivity index (χ3n) is 2.63. The zero-order valence-corrected chi connectivity index (χ0v) is 12.6.